The van der Waals surface area contributed by atoms with E-state index in [1.165, 1.54) is 0 Å². The van der Waals surface area contributed by atoms with Gasteiger partial charge in [-0.1, -0.05) is 0 Å². The number of benzene rings is 1. The van der Waals surface area contributed by atoms with E-state index >= 15 is 0 Å². The summed E-state index contributed by atoms with van der Waals surface area (Å²) in [5.41, 5.74) is -0.790. The molecule has 2 saturated carbocycles. The number of hydrogen-bond acceptors (Lipinski definition) is 3. The lowest BCUT2D eigenvalue weighted by Gasteiger charge is -2.41. The van der Waals surface area contributed by atoms with Crippen molar-refractivity contribution in [2.75, 3.05) is 19.8 Å². The van der Waals surface area contributed by atoms with Crippen LogP contribution in [-0.2, 0) is 19.0 Å². The number of rotatable bonds is 6. The normalized spacial score (nSPS) is 33.8. The van der Waals surface area contributed by atoms with Gasteiger partial charge in [-0.2, -0.15) is 8.78 Å². The highest BCUT2D eigenvalue weighted by atomic mass is 79.9. The highest BCUT2D eigenvalue weighted by Crippen LogP contribution is 2.43. The molecule has 0 bridgehead atoms. The Morgan fingerprint density at radius 1 is 0.879 bits per heavy atom. The zero-order valence-electron chi connectivity index (χ0n) is 19.0. The van der Waals surface area contributed by atoms with Crippen LogP contribution in [0.4, 0.5) is 17.6 Å². The number of alkyl halides is 3. The van der Waals surface area contributed by atoms with Gasteiger partial charge in [0.25, 0.3) is 0 Å². The highest BCUT2D eigenvalue weighted by Gasteiger charge is 2.38. The first-order chi connectivity index (χ1) is 15.8. The fourth-order valence-electron chi connectivity index (χ4n) is 5.86. The van der Waals surface area contributed by atoms with Crippen molar-refractivity contribution in [1.29, 1.82) is 0 Å². The summed E-state index contributed by atoms with van der Waals surface area (Å²) in [5, 5.41) is 0. The van der Waals surface area contributed by atoms with Crippen LogP contribution in [0.15, 0.2) is 12.1 Å². The van der Waals surface area contributed by atoms with Crippen molar-refractivity contribution in [3.63, 3.8) is 0 Å². The molecule has 186 valence electrons. The van der Waals surface area contributed by atoms with Gasteiger partial charge in [0.1, 0.15) is 17.2 Å². The summed E-state index contributed by atoms with van der Waals surface area (Å²) >= 11 is 2.05. The van der Waals surface area contributed by atoms with Crippen LogP contribution in [0.3, 0.4) is 0 Å². The molecule has 1 aromatic rings. The average Bonchev–Trinajstić information content (AvgIpc) is 2.79. The van der Waals surface area contributed by atoms with E-state index in [1.54, 1.807) is 0 Å². The molecule has 33 heavy (non-hydrogen) atoms. The molecule has 0 spiro atoms. The van der Waals surface area contributed by atoms with Gasteiger partial charge in [0, 0.05) is 18.4 Å². The predicted molar refractivity (Wildman–Crippen MR) is 120 cm³/mol. The first kappa shape index (κ1) is 25.4. The first-order valence-electron chi connectivity index (χ1n) is 12.2. The molecule has 1 saturated heterocycles. The van der Waals surface area contributed by atoms with Crippen LogP contribution < -0.4 is 0 Å². The van der Waals surface area contributed by atoms with Gasteiger partial charge in [-0.3, -0.25) is 0 Å². The second-order valence-corrected chi connectivity index (χ2v) is 10.8. The largest absolute Gasteiger partial charge is 0.379 e. The molecule has 3 nitrogen and oxygen atoms in total. The van der Waals surface area contributed by atoms with E-state index < -0.39 is 22.0 Å². The van der Waals surface area contributed by atoms with E-state index in [2.05, 4.69) is 15.9 Å². The van der Waals surface area contributed by atoms with Gasteiger partial charge in [-0.15, -0.1) is 0 Å². The Balaban J connectivity index is 1.25. The Morgan fingerprint density at radius 3 is 1.94 bits per heavy atom. The monoisotopic (exact) mass is 536 g/mol. The smallest absolute Gasteiger partial charge is 0.332 e. The van der Waals surface area contributed by atoms with Crippen molar-refractivity contribution in [3.05, 3.63) is 34.9 Å². The number of halogens is 5. The maximum Gasteiger partial charge on any atom is 0.332 e. The van der Waals surface area contributed by atoms with E-state index in [0.29, 0.717) is 36.7 Å². The lowest BCUT2D eigenvalue weighted by atomic mass is 9.77. The van der Waals surface area contributed by atoms with E-state index in [1.807, 2.05) is 6.92 Å². The zero-order chi connectivity index (χ0) is 23.6. The van der Waals surface area contributed by atoms with Gasteiger partial charge in [0.2, 0.25) is 0 Å². The van der Waals surface area contributed by atoms with Crippen molar-refractivity contribution < 1.29 is 31.8 Å². The van der Waals surface area contributed by atoms with Crippen molar-refractivity contribution >= 4 is 15.9 Å². The standard InChI is InChI=1S/C25H33BrF4O3/c1-2-31-20-9-7-16(8-10-20)19-13-32-24(33-14-19)17-5-3-15(4-6-17)18-11-21(27)23(22(28)12-18)25(26,29)30/h11-12,15-17,19-20,24H,2-10,13-14H2,1H3. The molecule has 3 aliphatic rings. The zero-order valence-corrected chi connectivity index (χ0v) is 20.6. The van der Waals surface area contributed by atoms with Gasteiger partial charge in [0.05, 0.1) is 19.3 Å². The third-order valence-electron chi connectivity index (χ3n) is 7.71. The summed E-state index contributed by atoms with van der Waals surface area (Å²) in [4.78, 5) is -3.73. The first-order valence-corrected chi connectivity index (χ1v) is 13.0. The SMILES string of the molecule is CCOC1CCC(C2COC(C3CCC(c4cc(F)c(C(F)(F)Br)c(F)c4)CC3)OC2)CC1. The molecule has 4 rings (SSSR count). The Hall–Kier alpha value is -0.700. The van der Waals surface area contributed by atoms with Gasteiger partial charge in [-0.05, 0) is 104 Å². The second-order valence-electron chi connectivity index (χ2n) is 9.76. The molecule has 0 N–H and O–H groups in total. The van der Waals surface area contributed by atoms with Gasteiger partial charge in [-0.25, -0.2) is 8.78 Å². The molecule has 2 aliphatic carbocycles. The van der Waals surface area contributed by atoms with Crippen LogP contribution in [0.25, 0.3) is 0 Å². The number of ether oxygens (including phenoxy) is 3. The predicted octanol–water partition coefficient (Wildman–Crippen LogP) is 7.27. The second kappa shape index (κ2) is 10.9. The van der Waals surface area contributed by atoms with Crippen LogP contribution in [0.1, 0.15) is 75.3 Å². The quantitative estimate of drug-likeness (QED) is 0.282. The molecule has 3 fully saturated rings. The summed E-state index contributed by atoms with van der Waals surface area (Å²) in [5.74, 6) is -1.18. The van der Waals surface area contributed by atoms with Gasteiger partial charge in [0.15, 0.2) is 6.29 Å². The van der Waals surface area contributed by atoms with Crippen LogP contribution in [-0.4, -0.2) is 32.2 Å². The lowest BCUT2D eigenvalue weighted by molar-refractivity contribution is -0.237. The molecule has 0 atom stereocenters. The summed E-state index contributed by atoms with van der Waals surface area (Å²) in [6.07, 6.45) is 7.78. The van der Waals surface area contributed by atoms with E-state index in [4.69, 9.17) is 14.2 Å². The maximum absolute atomic E-state index is 14.2. The Labute approximate surface area is 201 Å². The Kier molecular flexibility index (Phi) is 8.40. The molecule has 1 aliphatic heterocycles. The van der Waals surface area contributed by atoms with Crippen molar-refractivity contribution in [2.24, 2.45) is 17.8 Å². The minimum Gasteiger partial charge on any atom is -0.379 e. The fraction of sp³-hybridized carbons (Fsp3) is 0.760. The van der Waals surface area contributed by atoms with E-state index in [-0.39, 0.29) is 18.1 Å². The molecule has 1 heterocycles. The average molecular weight is 537 g/mol. The van der Waals surface area contributed by atoms with Gasteiger partial charge < -0.3 is 14.2 Å². The van der Waals surface area contributed by atoms with Crippen molar-refractivity contribution in [2.45, 2.75) is 81.4 Å². The van der Waals surface area contributed by atoms with Gasteiger partial charge >= 0.3 is 4.83 Å². The van der Waals surface area contributed by atoms with E-state index in [9.17, 15) is 17.6 Å². The third kappa shape index (κ3) is 6.11. The lowest BCUT2D eigenvalue weighted by Crippen LogP contribution is -2.41. The fourth-order valence-corrected chi connectivity index (χ4v) is 6.24. The van der Waals surface area contributed by atoms with Crippen molar-refractivity contribution in [1.82, 2.24) is 0 Å². The summed E-state index contributed by atoms with van der Waals surface area (Å²) in [6.45, 7) is 4.25. The van der Waals surface area contributed by atoms with Crippen LogP contribution in [0.2, 0.25) is 0 Å². The third-order valence-corrected chi connectivity index (χ3v) is 8.11. The van der Waals surface area contributed by atoms with Crippen LogP contribution in [0, 0.1) is 29.4 Å². The molecule has 0 radical (unpaired) electrons. The molecular formula is C25H33BrF4O3. The topological polar surface area (TPSA) is 27.7 Å². The molecule has 0 amide bonds. The van der Waals surface area contributed by atoms with Crippen LogP contribution in [0.5, 0.6) is 0 Å². The Morgan fingerprint density at radius 2 is 1.42 bits per heavy atom. The minimum atomic E-state index is -3.73. The molecule has 8 heteroatoms. The van der Waals surface area contributed by atoms with Crippen molar-refractivity contribution in [3.8, 4) is 0 Å². The molecule has 0 aromatic heterocycles. The molecule has 1 aromatic carbocycles. The summed E-state index contributed by atoms with van der Waals surface area (Å²) in [7, 11) is 0. The molecular weight excluding hydrogens is 504 g/mol. The summed E-state index contributed by atoms with van der Waals surface area (Å²) < 4.78 is 73.2. The Bertz CT molecular complexity index is 755. The van der Waals surface area contributed by atoms with Crippen LogP contribution >= 0.6 is 15.9 Å². The number of hydrogen-bond donors (Lipinski definition) is 0. The van der Waals surface area contributed by atoms with E-state index in [0.717, 1.165) is 70.1 Å². The highest BCUT2D eigenvalue weighted by molar-refractivity contribution is 9.09. The minimum absolute atomic E-state index is 0.0555. The maximum atomic E-state index is 14.2. The molecule has 0 unspecified atom stereocenters. The summed E-state index contributed by atoms with van der Waals surface area (Å²) in [6, 6.07) is 2.11.